The number of rotatable bonds is 3. The van der Waals surface area contributed by atoms with Crippen LogP contribution in [0.5, 0.6) is 0 Å². The van der Waals surface area contributed by atoms with Gasteiger partial charge in [0.25, 0.3) is 0 Å². The van der Waals surface area contributed by atoms with E-state index in [1.165, 1.54) is 12.8 Å². The smallest absolute Gasteiger partial charge is 0.172 e. The van der Waals surface area contributed by atoms with Crippen LogP contribution < -0.4 is 0 Å². The molecule has 1 N–H and O–H groups in total. The molecule has 100 valence electrons. The topological polar surface area (TPSA) is 45.0 Å². The molecule has 1 aliphatic rings. The van der Waals surface area contributed by atoms with E-state index in [2.05, 4.69) is 31.0 Å². The Morgan fingerprint density at radius 2 is 1.59 bits per heavy atom. The fourth-order valence-corrected chi connectivity index (χ4v) is 2.33. The summed E-state index contributed by atoms with van der Waals surface area (Å²) in [5.74, 6) is 0.806. The monoisotopic (exact) mass is 240 g/mol. The van der Waals surface area contributed by atoms with Gasteiger partial charge in [0.1, 0.15) is 0 Å². The van der Waals surface area contributed by atoms with E-state index in [-0.39, 0.29) is 0 Å². The Labute approximate surface area is 106 Å². The van der Waals surface area contributed by atoms with Crippen molar-refractivity contribution in [2.45, 2.75) is 78.5 Å². The molecule has 3 nitrogen and oxygen atoms in total. The second-order valence-electron chi connectivity index (χ2n) is 6.66. The molecule has 17 heavy (non-hydrogen) atoms. The molecule has 0 saturated heterocycles. The van der Waals surface area contributed by atoms with E-state index in [4.69, 9.17) is 0 Å². The van der Waals surface area contributed by atoms with Gasteiger partial charge in [0.2, 0.25) is 0 Å². The predicted molar refractivity (Wildman–Crippen MR) is 71.0 cm³/mol. The Kier molecular flexibility index (Phi) is 4.70. The molecule has 3 heteroatoms. The largest absolute Gasteiger partial charge is 0.368 e. The lowest BCUT2D eigenvalue weighted by Gasteiger charge is -2.35. The van der Waals surface area contributed by atoms with E-state index in [0.29, 0.717) is 17.9 Å². The van der Waals surface area contributed by atoms with Gasteiger partial charge < -0.3 is 5.11 Å². The Morgan fingerprint density at radius 1 is 1.06 bits per heavy atom. The number of azo groups is 1. The van der Waals surface area contributed by atoms with Gasteiger partial charge >= 0.3 is 0 Å². The highest BCUT2D eigenvalue weighted by molar-refractivity contribution is 4.83. The van der Waals surface area contributed by atoms with Crippen molar-refractivity contribution in [3.05, 3.63) is 0 Å². The average molecular weight is 240 g/mol. The normalized spacial score (nSPS) is 30.5. The molecule has 1 aliphatic carbocycles. The van der Waals surface area contributed by atoms with Crippen molar-refractivity contribution in [2.75, 3.05) is 0 Å². The molecule has 0 aromatic heterocycles. The van der Waals surface area contributed by atoms with Gasteiger partial charge in [0.15, 0.2) is 5.72 Å². The van der Waals surface area contributed by atoms with Crippen LogP contribution in [0, 0.1) is 11.3 Å². The van der Waals surface area contributed by atoms with E-state index in [1.54, 1.807) is 6.92 Å². The average Bonchev–Trinajstić information content (AvgIpc) is 2.26. The molecule has 0 aromatic rings. The summed E-state index contributed by atoms with van der Waals surface area (Å²) in [4.78, 5) is 0. The van der Waals surface area contributed by atoms with Crippen LogP contribution in [0.1, 0.15) is 66.7 Å². The van der Waals surface area contributed by atoms with Crippen molar-refractivity contribution in [1.29, 1.82) is 0 Å². The molecule has 0 heterocycles. The lowest BCUT2D eigenvalue weighted by Crippen LogP contribution is -2.27. The van der Waals surface area contributed by atoms with Crippen molar-refractivity contribution in [3.63, 3.8) is 0 Å². The molecule has 0 bridgehead atoms. The molecule has 0 spiro atoms. The first kappa shape index (κ1) is 14.6. The second-order valence-corrected chi connectivity index (χ2v) is 6.66. The SMILES string of the molecule is CCC(C)(O)N=NC1CCC(C(C)(C)C)CC1. The second kappa shape index (κ2) is 5.47. The molecule has 1 rings (SSSR count). The maximum absolute atomic E-state index is 9.77. The summed E-state index contributed by atoms with van der Waals surface area (Å²) >= 11 is 0. The number of aliphatic hydroxyl groups is 1. The van der Waals surface area contributed by atoms with E-state index in [9.17, 15) is 5.11 Å². The lowest BCUT2D eigenvalue weighted by molar-refractivity contribution is 0.0543. The van der Waals surface area contributed by atoms with Crippen molar-refractivity contribution in [1.82, 2.24) is 0 Å². The van der Waals surface area contributed by atoms with Crippen LogP contribution in [-0.4, -0.2) is 16.9 Å². The Bertz CT molecular complexity index is 258. The molecule has 0 radical (unpaired) electrons. The minimum absolute atomic E-state index is 0.326. The molecule has 0 amide bonds. The molecule has 0 aromatic carbocycles. The van der Waals surface area contributed by atoms with Gasteiger partial charge in [-0.3, -0.25) is 0 Å². The molecule has 1 atom stereocenters. The first-order chi connectivity index (χ1) is 7.74. The molecular formula is C14H28N2O. The van der Waals surface area contributed by atoms with Crippen molar-refractivity contribution >= 4 is 0 Å². The minimum atomic E-state index is -0.971. The van der Waals surface area contributed by atoms with Crippen LogP contribution in [-0.2, 0) is 0 Å². The quantitative estimate of drug-likeness (QED) is 0.740. The first-order valence-corrected chi connectivity index (χ1v) is 6.89. The van der Waals surface area contributed by atoms with Crippen molar-refractivity contribution < 1.29 is 5.11 Å². The first-order valence-electron chi connectivity index (χ1n) is 6.89. The fraction of sp³-hybridized carbons (Fsp3) is 1.00. The Morgan fingerprint density at radius 3 is 2.00 bits per heavy atom. The summed E-state index contributed by atoms with van der Waals surface area (Å²) < 4.78 is 0. The van der Waals surface area contributed by atoms with Crippen LogP contribution in [0.25, 0.3) is 0 Å². The van der Waals surface area contributed by atoms with E-state index < -0.39 is 5.72 Å². The summed E-state index contributed by atoms with van der Waals surface area (Å²) in [5.41, 5.74) is -0.558. The van der Waals surface area contributed by atoms with Crippen LogP contribution in [0.15, 0.2) is 10.2 Å². The summed E-state index contributed by atoms with van der Waals surface area (Å²) in [6.45, 7) is 10.6. The highest BCUT2D eigenvalue weighted by atomic mass is 16.3. The maximum Gasteiger partial charge on any atom is 0.172 e. The molecule has 1 unspecified atom stereocenters. The summed E-state index contributed by atoms with van der Waals surface area (Å²) in [7, 11) is 0. The third kappa shape index (κ3) is 4.74. The zero-order valence-corrected chi connectivity index (χ0v) is 12.0. The maximum atomic E-state index is 9.77. The summed E-state index contributed by atoms with van der Waals surface area (Å²) in [5, 5.41) is 18.2. The van der Waals surface area contributed by atoms with Crippen LogP contribution in [0.3, 0.4) is 0 Å². The van der Waals surface area contributed by atoms with Gasteiger partial charge in [-0.1, -0.05) is 27.7 Å². The zero-order valence-electron chi connectivity index (χ0n) is 12.0. The van der Waals surface area contributed by atoms with Crippen LogP contribution in [0.4, 0.5) is 0 Å². The standard InChI is InChI=1S/C14H28N2O/c1-6-14(5,17)16-15-12-9-7-11(8-10-12)13(2,3)4/h11-12,17H,6-10H2,1-5H3. The Balaban J connectivity index is 2.43. The van der Waals surface area contributed by atoms with Crippen LogP contribution >= 0.6 is 0 Å². The number of hydrogen-bond acceptors (Lipinski definition) is 3. The van der Waals surface area contributed by atoms with Gasteiger partial charge in [0, 0.05) is 0 Å². The van der Waals surface area contributed by atoms with Crippen LogP contribution in [0.2, 0.25) is 0 Å². The minimum Gasteiger partial charge on any atom is -0.368 e. The van der Waals surface area contributed by atoms with E-state index in [0.717, 1.165) is 18.8 Å². The van der Waals surface area contributed by atoms with Gasteiger partial charge in [-0.05, 0) is 50.4 Å². The Hall–Kier alpha value is -0.440. The highest BCUT2D eigenvalue weighted by Crippen LogP contribution is 2.38. The van der Waals surface area contributed by atoms with Gasteiger partial charge in [-0.2, -0.15) is 10.2 Å². The van der Waals surface area contributed by atoms with E-state index >= 15 is 0 Å². The zero-order chi connectivity index (χ0) is 13.1. The van der Waals surface area contributed by atoms with Crippen molar-refractivity contribution in [3.8, 4) is 0 Å². The third-order valence-electron chi connectivity index (χ3n) is 4.03. The third-order valence-corrected chi connectivity index (χ3v) is 4.03. The predicted octanol–water partition coefficient (Wildman–Crippen LogP) is 4.16. The summed E-state index contributed by atoms with van der Waals surface area (Å²) in [6.07, 6.45) is 5.33. The molecule has 1 saturated carbocycles. The van der Waals surface area contributed by atoms with Gasteiger partial charge in [-0.25, -0.2) is 0 Å². The van der Waals surface area contributed by atoms with Gasteiger partial charge in [-0.15, -0.1) is 0 Å². The van der Waals surface area contributed by atoms with E-state index in [1.807, 2.05) is 6.92 Å². The fourth-order valence-electron chi connectivity index (χ4n) is 2.33. The highest BCUT2D eigenvalue weighted by Gasteiger charge is 2.30. The molecule has 1 fully saturated rings. The van der Waals surface area contributed by atoms with Gasteiger partial charge in [0.05, 0.1) is 6.04 Å². The number of nitrogens with zero attached hydrogens (tertiary/aromatic N) is 2. The number of hydrogen-bond donors (Lipinski definition) is 1. The molecular weight excluding hydrogens is 212 g/mol. The lowest BCUT2D eigenvalue weighted by atomic mass is 9.71. The molecule has 0 aliphatic heterocycles. The van der Waals surface area contributed by atoms with Crippen molar-refractivity contribution in [2.24, 2.45) is 21.6 Å². The summed E-state index contributed by atoms with van der Waals surface area (Å²) in [6, 6.07) is 0.326.